The van der Waals surface area contributed by atoms with Gasteiger partial charge in [-0.15, -0.1) is 0 Å². The van der Waals surface area contributed by atoms with E-state index in [4.69, 9.17) is 4.74 Å². The molecule has 1 heterocycles. The molecule has 2 N–H and O–H groups in total. The Balaban J connectivity index is 1.50. The minimum atomic E-state index is -0.802. The molecule has 1 saturated heterocycles. The van der Waals surface area contributed by atoms with Crippen molar-refractivity contribution in [1.29, 1.82) is 0 Å². The number of anilines is 2. The first-order valence-electron chi connectivity index (χ1n) is 11.0. The number of rotatable bonds is 6. The van der Waals surface area contributed by atoms with Crippen molar-refractivity contribution in [2.45, 2.75) is 13.8 Å². The van der Waals surface area contributed by atoms with Crippen LogP contribution in [-0.2, 0) is 14.4 Å². The number of benzene rings is 3. The molecule has 8 nitrogen and oxygen atoms in total. The molecule has 0 spiro atoms. The standard InChI is InChI=1S/C27H22BrN3O5/c1-16-8-10-20(12-17(16)2)31-26(34)21(25(33)30-27(31)35)13-18-9-11-23(22(28)14-18)36-15-24(32)29-19-6-4-3-5-7-19/h3-14H,15H2,1-2H3,(H,29,32)(H,30,33,35)/b21-13+. The third-order valence-corrected chi connectivity index (χ3v) is 6.15. The molecule has 0 saturated carbocycles. The molecular formula is C27H22BrN3O5. The van der Waals surface area contributed by atoms with Gasteiger partial charge in [0.15, 0.2) is 6.61 Å². The van der Waals surface area contributed by atoms with Crippen molar-refractivity contribution < 1.29 is 23.9 Å². The summed E-state index contributed by atoms with van der Waals surface area (Å²) < 4.78 is 6.11. The molecule has 5 amide bonds. The molecule has 4 rings (SSSR count). The Morgan fingerprint density at radius 3 is 2.44 bits per heavy atom. The highest BCUT2D eigenvalue weighted by molar-refractivity contribution is 9.10. The van der Waals surface area contributed by atoms with Gasteiger partial charge in [-0.2, -0.15) is 0 Å². The average molecular weight is 548 g/mol. The fourth-order valence-electron chi connectivity index (χ4n) is 3.51. The van der Waals surface area contributed by atoms with Crippen molar-refractivity contribution in [3.8, 4) is 5.75 Å². The number of hydrogen-bond donors (Lipinski definition) is 2. The van der Waals surface area contributed by atoms with E-state index in [0.717, 1.165) is 16.0 Å². The smallest absolute Gasteiger partial charge is 0.335 e. The average Bonchev–Trinajstić information content (AvgIpc) is 2.84. The maximum Gasteiger partial charge on any atom is 0.335 e. The van der Waals surface area contributed by atoms with Gasteiger partial charge in [0.25, 0.3) is 17.7 Å². The number of aryl methyl sites for hydroxylation is 2. The van der Waals surface area contributed by atoms with Crippen LogP contribution in [0.25, 0.3) is 6.08 Å². The third kappa shape index (κ3) is 5.52. The lowest BCUT2D eigenvalue weighted by molar-refractivity contribution is -0.122. The Morgan fingerprint density at radius 2 is 1.75 bits per heavy atom. The number of amides is 5. The van der Waals surface area contributed by atoms with Gasteiger partial charge in [-0.05, 0) is 88.9 Å². The van der Waals surface area contributed by atoms with Crippen molar-refractivity contribution in [2.24, 2.45) is 0 Å². The van der Waals surface area contributed by atoms with Crippen LogP contribution >= 0.6 is 15.9 Å². The maximum atomic E-state index is 13.1. The first-order chi connectivity index (χ1) is 17.2. The molecule has 0 bridgehead atoms. The number of halogens is 1. The van der Waals surface area contributed by atoms with Crippen LogP contribution < -0.4 is 20.3 Å². The number of nitrogens with one attached hydrogen (secondary N) is 2. The van der Waals surface area contributed by atoms with E-state index in [9.17, 15) is 19.2 Å². The summed E-state index contributed by atoms with van der Waals surface area (Å²) in [7, 11) is 0. The molecule has 0 radical (unpaired) electrons. The lowest BCUT2D eigenvalue weighted by Gasteiger charge is -2.26. The number of urea groups is 1. The van der Waals surface area contributed by atoms with Crippen LogP contribution in [0.2, 0.25) is 0 Å². The number of nitrogens with zero attached hydrogens (tertiary/aromatic N) is 1. The molecule has 1 fully saturated rings. The predicted molar refractivity (Wildman–Crippen MR) is 140 cm³/mol. The molecule has 3 aromatic rings. The zero-order valence-corrected chi connectivity index (χ0v) is 21.1. The molecule has 3 aromatic carbocycles. The molecule has 36 heavy (non-hydrogen) atoms. The summed E-state index contributed by atoms with van der Waals surface area (Å²) in [4.78, 5) is 51.1. The predicted octanol–water partition coefficient (Wildman–Crippen LogP) is 4.75. The van der Waals surface area contributed by atoms with Gasteiger partial charge in [0.1, 0.15) is 11.3 Å². The molecule has 1 aliphatic rings. The number of ether oxygens (including phenoxy) is 1. The van der Waals surface area contributed by atoms with E-state index < -0.39 is 17.8 Å². The van der Waals surface area contributed by atoms with Gasteiger partial charge >= 0.3 is 6.03 Å². The number of carbonyl (C=O) groups is 4. The molecule has 0 aromatic heterocycles. The topological polar surface area (TPSA) is 105 Å². The zero-order chi connectivity index (χ0) is 25.8. The van der Waals surface area contributed by atoms with E-state index in [2.05, 4.69) is 26.6 Å². The lowest BCUT2D eigenvalue weighted by Crippen LogP contribution is -2.54. The van der Waals surface area contributed by atoms with Gasteiger partial charge in [-0.3, -0.25) is 19.7 Å². The molecule has 182 valence electrons. The highest BCUT2D eigenvalue weighted by atomic mass is 79.9. The van der Waals surface area contributed by atoms with Crippen LogP contribution in [0.15, 0.2) is 76.8 Å². The van der Waals surface area contributed by atoms with Crippen molar-refractivity contribution in [2.75, 3.05) is 16.8 Å². The summed E-state index contributed by atoms with van der Waals surface area (Å²) in [6.45, 7) is 3.59. The van der Waals surface area contributed by atoms with Gasteiger partial charge < -0.3 is 10.1 Å². The molecule has 0 atom stereocenters. The Hall–Kier alpha value is -4.24. The molecular weight excluding hydrogens is 526 g/mol. The summed E-state index contributed by atoms with van der Waals surface area (Å²) in [5.74, 6) is -1.41. The highest BCUT2D eigenvalue weighted by Crippen LogP contribution is 2.28. The summed E-state index contributed by atoms with van der Waals surface area (Å²) in [6.07, 6.45) is 1.40. The van der Waals surface area contributed by atoms with Gasteiger partial charge in [0, 0.05) is 5.69 Å². The van der Waals surface area contributed by atoms with Crippen LogP contribution in [0.3, 0.4) is 0 Å². The second-order valence-electron chi connectivity index (χ2n) is 8.12. The van der Waals surface area contributed by atoms with E-state index >= 15 is 0 Å². The van der Waals surface area contributed by atoms with E-state index in [-0.39, 0.29) is 18.1 Å². The lowest BCUT2D eigenvalue weighted by atomic mass is 10.1. The quantitative estimate of drug-likeness (QED) is 0.342. The minimum Gasteiger partial charge on any atom is -0.483 e. The third-order valence-electron chi connectivity index (χ3n) is 5.53. The van der Waals surface area contributed by atoms with Gasteiger partial charge in [0.2, 0.25) is 0 Å². The molecule has 1 aliphatic heterocycles. The normalized spacial score (nSPS) is 14.6. The monoisotopic (exact) mass is 547 g/mol. The number of imide groups is 2. The Morgan fingerprint density at radius 1 is 1.00 bits per heavy atom. The van der Waals surface area contributed by atoms with Gasteiger partial charge in [0.05, 0.1) is 10.2 Å². The minimum absolute atomic E-state index is 0.185. The molecule has 9 heteroatoms. The first-order valence-corrected chi connectivity index (χ1v) is 11.8. The van der Waals surface area contributed by atoms with Crippen LogP contribution in [-0.4, -0.2) is 30.4 Å². The van der Waals surface area contributed by atoms with Crippen molar-refractivity contribution >= 4 is 57.1 Å². The molecule has 0 aliphatic carbocycles. The second kappa shape index (κ2) is 10.6. The van der Waals surface area contributed by atoms with Crippen molar-refractivity contribution in [3.05, 3.63) is 93.5 Å². The van der Waals surface area contributed by atoms with E-state index in [1.165, 1.54) is 6.08 Å². The van der Waals surface area contributed by atoms with E-state index in [1.54, 1.807) is 48.5 Å². The Labute approximate surface area is 216 Å². The first kappa shape index (κ1) is 24.9. The summed E-state index contributed by atoms with van der Waals surface area (Å²) in [5.41, 5.74) is 3.30. The SMILES string of the molecule is Cc1ccc(N2C(=O)NC(=O)/C(=C\c3ccc(OCC(=O)Nc4ccccc4)c(Br)c3)C2=O)cc1C. The van der Waals surface area contributed by atoms with Gasteiger partial charge in [-0.1, -0.05) is 30.3 Å². The molecule has 0 unspecified atom stereocenters. The number of hydrogen-bond acceptors (Lipinski definition) is 5. The van der Waals surface area contributed by atoms with Crippen LogP contribution in [0, 0.1) is 13.8 Å². The fourth-order valence-corrected chi connectivity index (χ4v) is 4.02. The van der Waals surface area contributed by atoms with Crippen LogP contribution in [0.4, 0.5) is 16.2 Å². The van der Waals surface area contributed by atoms with Crippen molar-refractivity contribution in [3.63, 3.8) is 0 Å². The highest BCUT2D eigenvalue weighted by Gasteiger charge is 2.36. The maximum absolute atomic E-state index is 13.1. The van der Waals surface area contributed by atoms with E-state index in [1.807, 2.05) is 32.0 Å². The van der Waals surface area contributed by atoms with Crippen LogP contribution in [0.1, 0.15) is 16.7 Å². The summed E-state index contributed by atoms with van der Waals surface area (Å²) in [5, 5.41) is 4.95. The largest absolute Gasteiger partial charge is 0.483 e. The summed E-state index contributed by atoms with van der Waals surface area (Å²) in [6, 6.07) is 18.3. The zero-order valence-electron chi connectivity index (χ0n) is 19.5. The number of carbonyl (C=O) groups excluding carboxylic acids is 4. The fraction of sp³-hybridized carbons (Fsp3) is 0.111. The second-order valence-corrected chi connectivity index (χ2v) is 8.97. The number of barbiturate groups is 1. The van der Waals surface area contributed by atoms with Gasteiger partial charge in [-0.25, -0.2) is 9.69 Å². The van der Waals surface area contributed by atoms with Crippen LogP contribution in [0.5, 0.6) is 5.75 Å². The summed E-state index contributed by atoms with van der Waals surface area (Å²) >= 11 is 3.40. The van der Waals surface area contributed by atoms with Crippen molar-refractivity contribution in [1.82, 2.24) is 5.32 Å². The van der Waals surface area contributed by atoms with E-state index in [0.29, 0.717) is 27.2 Å². The number of para-hydroxylation sites is 1. The Kier molecular flexibility index (Phi) is 7.30. The Bertz CT molecular complexity index is 1400.